The van der Waals surface area contributed by atoms with E-state index in [2.05, 4.69) is 26.0 Å². The quantitative estimate of drug-likeness (QED) is 0.651. The topological polar surface area (TPSA) is 18.5 Å². The number of hydrogen-bond acceptors (Lipinski definition) is 2. The maximum Gasteiger partial charge on any atom is 0.114 e. The number of allylic oxidation sites excluding steroid dienone is 4. The molecule has 0 fully saturated rings. The largest absolute Gasteiger partial charge is 0.479 e. The Morgan fingerprint density at radius 2 is 2.29 bits per heavy atom. The predicted octanol–water partition coefficient (Wildman–Crippen LogP) is 3.60. The van der Waals surface area contributed by atoms with E-state index in [0.29, 0.717) is 8.81 Å². The van der Waals surface area contributed by atoms with Crippen molar-refractivity contribution in [3.05, 3.63) is 24.0 Å². The molecule has 0 heterocycles. The fraction of sp³-hybridized carbons (Fsp3) is 0.636. The first-order valence-electron chi connectivity index (χ1n) is 5.08. The van der Waals surface area contributed by atoms with Gasteiger partial charge in [-0.05, 0) is 33.3 Å². The summed E-state index contributed by atoms with van der Waals surface area (Å²) in [6, 6.07) is 0. The van der Waals surface area contributed by atoms with Crippen LogP contribution in [-0.4, -0.2) is 11.9 Å². The van der Waals surface area contributed by atoms with Crippen LogP contribution in [-0.2, 0) is 9.26 Å². The summed E-state index contributed by atoms with van der Waals surface area (Å²) in [5.41, 5.74) is 0. The smallest absolute Gasteiger partial charge is 0.114 e. The zero-order valence-corrected chi connectivity index (χ0v) is 10.2. The van der Waals surface area contributed by atoms with Gasteiger partial charge in [-0.3, -0.25) is 0 Å². The first-order chi connectivity index (χ1) is 6.64. The lowest BCUT2D eigenvalue weighted by atomic mass is 10.2. The Bertz CT molecular complexity index is 231. The lowest BCUT2D eigenvalue weighted by Gasteiger charge is -2.25. The Balaban J connectivity index is 2.31. The van der Waals surface area contributed by atoms with Crippen molar-refractivity contribution in [2.75, 3.05) is 6.61 Å². The van der Waals surface area contributed by atoms with Crippen LogP contribution in [0.2, 0.25) is 0 Å². The second-order valence-corrected chi connectivity index (χ2v) is 5.36. The molecular formula is C11H19O2P. The van der Waals surface area contributed by atoms with E-state index < -0.39 is 0 Å². The molecule has 2 nitrogen and oxygen atoms in total. The highest BCUT2D eigenvalue weighted by atomic mass is 31.1. The summed E-state index contributed by atoms with van der Waals surface area (Å²) in [4.78, 5) is 0. The van der Waals surface area contributed by atoms with Gasteiger partial charge < -0.3 is 9.26 Å². The second-order valence-electron chi connectivity index (χ2n) is 3.75. The van der Waals surface area contributed by atoms with Crippen LogP contribution in [0.3, 0.4) is 0 Å². The van der Waals surface area contributed by atoms with Gasteiger partial charge in [-0.15, -0.1) is 0 Å². The van der Waals surface area contributed by atoms with Gasteiger partial charge >= 0.3 is 0 Å². The third kappa shape index (κ3) is 4.26. The number of rotatable bonds is 5. The fourth-order valence-electron chi connectivity index (χ4n) is 1.24. The molecule has 1 rings (SSSR count). The molecule has 0 amide bonds. The third-order valence-electron chi connectivity index (χ3n) is 1.91. The zero-order chi connectivity index (χ0) is 10.4. The molecule has 3 heteroatoms. The molecule has 0 aliphatic heterocycles. The molecule has 1 unspecified atom stereocenters. The van der Waals surface area contributed by atoms with E-state index in [1.807, 2.05) is 13.0 Å². The standard InChI is InChI=1S/C11H19O2P/c1-4-12-11(2,3)14-13-10-8-6-5-7-9-10/h5-6,8,14H,4,7,9H2,1-3H3. The summed E-state index contributed by atoms with van der Waals surface area (Å²) in [5, 5.41) is -0.156. The monoisotopic (exact) mass is 214 g/mol. The average molecular weight is 214 g/mol. The normalized spacial score (nSPS) is 17.5. The van der Waals surface area contributed by atoms with E-state index in [9.17, 15) is 0 Å². The Hall–Kier alpha value is -0.330. The minimum atomic E-state index is -0.156. The third-order valence-corrected chi connectivity index (χ3v) is 2.91. The highest BCUT2D eigenvalue weighted by molar-refractivity contribution is 7.34. The molecular weight excluding hydrogens is 195 g/mol. The Kier molecular flexibility index (Phi) is 4.64. The van der Waals surface area contributed by atoms with E-state index in [1.54, 1.807) is 0 Å². The van der Waals surface area contributed by atoms with E-state index in [1.165, 1.54) is 0 Å². The molecule has 0 aromatic heterocycles. The van der Waals surface area contributed by atoms with Gasteiger partial charge in [0.05, 0.1) is 5.76 Å². The lowest BCUT2D eigenvalue weighted by Crippen LogP contribution is -2.18. The summed E-state index contributed by atoms with van der Waals surface area (Å²) in [7, 11) is 0.372. The molecule has 1 aliphatic rings. The minimum absolute atomic E-state index is 0.156. The van der Waals surface area contributed by atoms with Crippen molar-refractivity contribution < 1.29 is 9.26 Å². The summed E-state index contributed by atoms with van der Waals surface area (Å²) < 4.78 is 11.3. The molecule has 0 bridgehead atoms. The van der Waals surface area contributed by atoms with Crippen LogP contribution in [0.1, 0.15) is 33.6 Å². The average Bonchev–Trinajstić information content (AvgIpc) is 2.17. The van der Waals surface area contributed by atoms with Gasteiger partial charge in [0, 0.05) is 13.0 Å². The van der Waals surface area contributed by atoms with E-state index in [-0.39, 0.29) is 5.34 Å². The van der Waals surface area contributed by atoms with Crippen LogP contribution in [0.5, 0.6) is 0 Å². The van der Waals surface area contributed by atoms with Gasteiger partial charge in [-0.25, -0.2) is 0 Å². The Morgan fingerprint density at radius 1 is 1.50 bits per heavy atom. The number of hydrogen-bond donors (Lipinski definition) is 0. The second kappa shape index (κ2) is 5.53. The Labute approximate surface area is 88.2 Å². The van der Waals surface area contributed by atoms with Crippen molar-refractivity contribution in [2.45, 2.75) is 39.0 Å². The molecule has 0 saturated carbocycles. The first kappa shape index (κ1) is 11.7. The van der Waals surface area contributed by atoms with Crippen LogP contribution in [0, 0.1) is 0 Å². The predicted molar refractivity (Wildman–Crippen MR) is 61.6 cm³/mol. The van der Waals surface area contributed by atoms with E-state index in [4.69, 9.17) is 9.26 Å². The van der Waals surface area contributed by atoms with Crippen molar-refractivity contribution in [1.82, 2.24) is 0 Å². The maximum absolute atomic E-state index is 5.71. The molecule has 0 radical (unpaired) electrons. The van der Waals surface area contributed by atoms with Crippen molar-refractivity contribution in [3.63, 3.8) is 0 Å². The van der Waals surface area contributed by atoms with Gasteiger partial charge in [0.2, 0.25) is 0 Å². The molecule has 1 aliphatic carbocycles. The highest BCUT2D eigenvalue weighted by Crippen LogP contribution is 2.36. The Morgan fingerprint density at radius 3 is 2.86 bits per heavy atom. The van der Waals surface area contributed by atoms with Gasteiger partial charge in [0.1, 0.15) is 14.1 Å². The van der Waals surface area contributed by atoms with Crippen LogP contribution in [0.4, 0.5) is 0 Å². The maximum atomic E-state index is 5.71. The summed E-state index contributed by atoms with van der Waals surface area (Å²) in [6.45, 7) is 6.87. The SMILES string of the molecule is CCOC(C)(C)POC1=CC=CCC1. The molecule has 0 N–H and O–H groups in total. The van der Waals surface area contributed by atoms with Crippen LogP contribution < -0.4 is 0 Å². The molecule has 0 spiro atoms. The molecule has 1 atom stereocenters. The van der Waals surface area contributed by atoms with Gasteiger partial charge in [-0.2, -0.15) is 0 Å². The summed E-state index contributed by atoms with van der Waals surface area (Å²) >= 11 is 0. The molecule has 0 aromatic rings. The van der Waals surface area contributed by atoms with Crippen molar-refractivity contribution in [3.8, 4) is 0 Å². The van der Waals surface area contributed by atoms with Crippen molar-refractivity contribution in [2.24, 2.45) is 0 Å². The molecule has 14 heavy (non-hydrogen) atoms. The lowest BCUT2D eigenvalue weighted by molar-refractivity contribution is 0.0533. The summed E-state index contributed by atoms with van der Waals surface area (Å²) in [5.74, 6) is 1.08. The first-order valence-corrected chi connectivity index (χ1v) is 5.98. The van der Waals surface area contributed by atoms with Crippen molar-refractivity contribution in [1.29, 1.82) is 0 Å². The van der Waals surface area contributed by atoms with Crippen LogP contribution in [0.15, 0.2) is 24.0 Å². The van der Waals surface area contributed by atoms with Gasteiger partial charge in [-0.1, -0.05) is 12.2 Å². The highest BCUT2D eigenvalue weighted by Gasteiger charge is 2.19. The summed E-state index contributed by atoms with van der Waals surface area (Å²) in [6.07, 6.45) is 8.36. The molecule has 0 aromatic carbocycles. The van der Waals surface area contributed by atoms with Crippen molar-refractivity contribution >= 4 is 8.81 Å². The van der Waals surface area contributed by atoms with Crippen LogP contribution in [0.25, 0.3) is 0 Å². The zero-order valence-electron chi connectivity index (χ0n) is 9.17. The molecule has 0 saturated heterocycles. The number of ether oxygens (including phenoxy) is 1. The molecule has 80 valence electrons. The van der Waals surface area contributed by atoms with Crippen LogP contribution >= 0.6 is 8.81 Å². The minimum Gasteiger partial charge on any atom is -0.479 e. The van der Waals surface area contributed by atoms with E-state index >= 15 is 0 Å². The fourth-order valence-corrected chi connectivity index (χ4v) is 1.99. The van der Waals surface area contributed by atoms with Gasteiger partial charge in [0.15, 0.2) is 0 Å². The van der Waals surface area contributed by atoms with Gasteiger partial charge in [0.25, 0.3) is 0 Å². The van der Waals surface area contributed by atoms with E-state index in [0.717, 1.165) is 25.2 Å².